The standard InChI is InChI=1S/C14H12BrCl2N/c1-14(18,9-2-5-11(16)6-3-9)12-7-4-10(15)8-13(12)17/h2-8H,18H2,1H3. The quantitative estimate of drug-likeness (QED) is 0.817. The molecule has 0 saturated carbocycles. The highest BCUT2D eigenvalue weighted by atomic mass is 79.9. The Morgan fingerprint density at radius 1 is 1.06 bits per heavy atom. The Morgan fingerprint density at radius 3 is 2.22 bits per heavy atom. The SMILES string of the molecule is CC(N)(c1ccc(Cl)cc1)c1ccc(Br)cc1Cl. The van der Waals surface area contributed by atoms with Crippen LogP contribution in [-0.2, 0) is 5.54 Å². The maximum atomic E-state index is 6.42. The molecule has 1 unspecified atom stereocenters. The summed E-state index contributed by atoms with van der Waals surface area (Å²) in [6.45, 7) is 1.94. The molecule has 18 heavy (non-hydrogen) atoms. The van der Waals surface area contributed by atoms with E-state index in [2.05, 4.69) is 15.9 Å². The van der Waals surface area contributed by atoms with E-state index in [1.165, 1.54) is 0 Å². The van der Waals surface area contributed by atoms with E-state index in [1.54, 1.807) is 0 Å². The second kappa shape index (κ2) is 5.22. The van der Waals surface area contributed by atoms with Gasteiger partial charge in [-0.25, -0.2) is 0 Å². The van der Waals surface area contributed by atoms with E-state index >= 15 is 0 Å². The highest BCUT2D eigenvalue weighted by molar-refractivity contribution is 9.10. The zero-order valence-corrected chi connectivity index (χ0v) is 12.9. The van der Waals surface area contributed by atoms with Gasteiger partial charge < -0.3 is 5.73 Å². The third kappa shape index (κ3) is 2.72. The third-order valence-electron chi connectivity index (χ3n) is 2.93. The van der Waals surface area contributed by atoms with Gasteiger partial charge >= 0.3 is 0 Å². The van der Waals surface area contributed by atoms with Gasteiger partial charge in [-0.3, -0.25) is 0 Å². The summed E-state index contributed by atoms with van der Waals surface area (Å²) in [6, 6.07) is 13.2. The van der Waals surface area contributed by atoms with Crippen molar-refractivity contribution in [3.05, 3.63) is 68.1 Å². The first kappa shape index (κ1) is 13.9. The molecule has 1 nitrogen and oxygen atoms in total. The van der Waals surface area contributed by atoms with Crippen LogP contribution in [0, 0.1) is 0 Å². The minimum atomic E-state index is -0.650. The highest BCUT2D eigenvalue weighted by Gasteiger charge is 2.26. The summed E-state index contributed by atoms with van der Waals surface area (Å²) >= 11 is 15.5. The summed E-state index contributed by atoms with van der Waals surface area (Å²) < 4.78 is 0.933. The molecule has 0 heterocycles. The van der Waals surface area contributed by atoms with Crippen LogP contribution in [0.25, 0.3) is 0 Å². The van der Waals surface area contributed by atoms with Crippen molar-refractivity contribution in [2.45, 2.75) is 12.5 Å². The maximum Gasteiger partial charge on any atom is 0.0651 e. The summed E-state index contributed by atoms with van der Waals surface area (Å²) in [4.78, 5) is 0. The fraction of sp³-hybridized carbons (Fsp3) is 0.143. The van der Waals surface area contributed by atoms with Crippen LogP contribution in [0.2, 0.25) is 10.0 Å². The van der Waals surface area contributed by atoms with Crippen LogP contribution < -0.4 is 5.73 Å². The molecule has 2 aromatic carbocycles. The van der Waals surface area contributed by atoms with Crippen LogP contribution in [0.1, 0.15) is 18.1 Å². The second-order valence-corrected chi connectivity index (χ2v) is 6.09. The van der Waals surface area contributed by atoms with Crippen LogP contribution in [0.5, 0.6) is 0 Å². The molecule has 0 aliphatic rings. The number of rotatable bonds is 2. The van der Waals surface area contributed by atoms with Crippen molar-refractivity contribution in [3.63, 3.8) is 0 Å². The predicted octanol–water partition coefficient (Wildman–Crippen LogP) is 4.98. The van der Waals surface area contributed by atoms with Crippen molar-refractivity contribution < 1.29 is 0 Å². The smallest absolute Gasteiger partial charge is 0.0651 e. The van der Waals surface area contributed by atoms with Crippen LogP contribution in [0.15, 0.2) is 46.9 Å². The van der Waals surface area contributed by atoms with Gasteiger partial charge in [-0.2, -0.15) is 0 Å². The lowest BCUT2D eigenvalue weighted by Crippen LogP contribution is -2.34. The van der Waals surface area contributed by atoms with Gasteiger partial charge in [0.05, 0.1) is 5.54 Å². The van der Waals surface area contributed by atoms with Crippen molar-refractivity contribution in [3.8, 4) is 0 Å². The van der Waals surface area contributed by atoms with Crippen molar-refractivity contribution in [1.29, 1.82) is 0 Å². The Hall–Kier alpha value is -0.540. The van der Waals surface area contributed by atoms with Crippen molar-refractivity contribution in [2.75, 3.05) is 0 Å². The molecule has 1 atom stereocenters. The van der Waals surface area contributed by atoms with Crippen LogP contribution >= 0.6 is 39.1 Å². The average Bonchev–Trinajstić information content (AvgIpc) is 2.29. The van der Waals surface area contributed by atoms with E-state index < -0.39 is 5.54 Å². The zero-order valence-electron chi connectivity index (χ0n) is 9.75. The van der Waals surface area contributed by atoms with E-state index in [9.17, 15) is 0 Å². The topological polar surface area (TPSA) is 26.0 Å². The number of nitrogens with two attached hydrogens (primary N) is 1. The highest BCUT2D eigenvalue weighted by Crippen LogP contribution is 2.33. The molecule has 2 aromatic rings. The minimum absolute atomic E-state index is 0.643. The van der Waals surface area contributed by atoms with Gasteiger partial charge in [0.15, 0.2) is 0 Å². The molecule has 2 rings (SSSR count). The maximum absolute atomic E-state index is 6.42. The third-order valence-corrected chi connectivity index (χ3v) is 3.99. The normalized spacial score (nSPS) is 14.3. The van der Waals surface area contributed by atoms with E-state index in [0.29, 0.717) is 10.0 Å². The monoisotopic (exact) mass is 343 g/mol. The van der Waals surface area contributed by atoms with Gasteiger partial charge in [0.25, 0.3) is 0 Å². The summed E-state index contributed by atoms with van der Waals surface area (Å²) in [5.74, 6) is 0. The molecule has 0 amide bonds. The molecule has 2 N–H and O–H groups in total. The number of halogens is 3. The molecule has 0 aliphatic heterocycles. The van der Waals surface area contributed by atoms with E-state index in [4.69, 9.17) is 28.9 Å². The van der Waals surface area contributed by atoms with Crippen molar-refractivity contribution in [1.82, 2.24) is 0 Å². The first-order valence-corrected chi connectivity index (χ1v) is 6.96. The van der Waals surface area contributed by atoms with Crippen molar-refractivity contribution in [2.24, 2.45) is 5.73 Å². The predicted molar refractivity (Wildman–Crippen MR) is 81.2 cm³/mol. The number of hydrogen-bond donors (Lipinski definition) is 1. The van der Waals surface area contributed by atoms with E-state index in [0.717, 1.165) is 15.6 Å². The molecule has 4 heteroatoms. The molecular weight excluding hydrogens is 333 g/mol. The van der Waals surface area contributed by atoms with Crippen LogP contribution in [0.3, 0.4) is 0 Å². The Morgan fingerprint density at radius 2 is 1.67 bits per heavy atom. The lowest BCUT2D eigenvalue weighted by Gasteiger charge is -2.27. The number of hydrogen-bond acceptors (Lipinski definition) is 1. The molecule has 0 aliphatic carbocycles. The lowest BCUT2D eigenvalue weighted by molar-refractivity contribution is 0.603. The molecule has 0 spiro atoms. The van der Waals surface area contributed by atoms with Crippen molar-refractivity contribution >= 4 is 39.1 Å². The van der Waals surface area contributed by atoms with E-state index in [1.807, 2.05) is 49.4 Å². The zero-order chi connectivity index (χ0) is 13.3. The number of benzene rings is 2. The first-order valence-electron chi connectivity index (χ1n) is 5.42. The Kier molecular flexibility index (Phi) is 4.02. The summed E-state index contributed by atoms with van der Waals surface area (Å²) in [7, 11) is 0. The van der Waals surface area contributed by atoms with Gasteiger partial charge in [0.2, 0.25) is 0 Å². The van der Waals surface area contributed by atoms with Gasteiger partial charge in [-0.05, 0) is 42.3 Å². The minimum Gasteiger partial charge on any atom is -0.318 e. The molecule has 94 valence electrons. The first-order chi connectivity index (χ1) is 8.41. The van der Waals surface area contributed by atoms with Gasteiger partial charge in [0, 0.05) is 14.5 Å². The van der Waals surface area contributed by atoms with Crippen LogP contribution in [0.4, 0.5) is 0 Å². The molecule has 0 bridgehead atoms. The molecule has 0 fully saturated rings. The fourth-order valence-corrected chi connectivity index (χ4v) is 2.86. The van der Waals surface area contributed by atoms with Gasteiger partial charge in [0.1, 0.15) is 0 Å². The summed E-state index contributed by atoms with van der Waals surface area (Å²) in [6.07, 6.45) is 0. The fourth-order valence-electron chi connectivity index (χ4n) is 1.86. The van der Waals surface area contributed by atoms with E-state index in [-0.39, 0.29) is 0 Å². The molecular formula is C14H12BrCl2N. The van der Waals surface area contributed by atoms with Crippen LogP contribution in [-0.4, -0.2) is 0 Å². The van der Waals surface area contributed by atoms with Gasteiger partial charge in [-0.15, -0.1) is 0 Å². The Bertz CT molecular complexity index is 565. The summed E-state index contributed by atoms with van der Waals surface area (Å²) in [5, 5.41) is 1.33. The molecule has 0 saturated heterocycles. The Labute approximate surface area is 125 Å². The largest absolute Gasteiger partial charge is 0.318 e. The summed E-state index contributed by atoms with van der Waals surface area (Å²) in [5.41, 5.74) is 7.62. The van der Waals surface area contributed by atoms with Gasteiger partial charge in [-0.1, -0.05) is 57.3 Å². The molecule has 0 aromatic heterocycles. The Balaban J connectivity index is 2.50. The molecule has 0 radical (unpaired) electrons. The lowest BCUT2D eigenvalue weighted by atomic mass is 9.86. The second-order valence-electron chi connectivity index (χ2n) is 4.33. The average molecular weight is 345 g/mol.